The van der Waals surface area contributed by atoms with Crippen molar-refractivity contribution in [2.24, 2.45) is 11.7 Å². The molecule has 4 rings (SSSR count). The molecule has 0 radical (unpaired) electrons. The summed E-state index contributed by atoms with van der Waals surface area (Å²) in [4.78, 5) is 31.9. The average Bonchev–Trinajstić information content (AvgIpc) is 2.84. The molecule has 1 aliphatic carbocycles. The van der Waals surface area contributed by atoms with Crippen LogP contribution < -0.4 is 20.9 Å². The molecule has 1 saturated carbocycles. The molecule has 3 N–H and O–H groups in total. The smallest absolute Gasteiger partial charge is 0.319 e. The molecule has 0 bridgehead atoms. The maximum absolute atomic E-state index is 12.4. The Bertz CT molecular complexity index is 1280. The maximum atomic E-state index is 12.4. The van der Waals surface area contributed by atoms with Gasteiger partial charge in [-0.05, 0) is 62.6 Å². The van der Waals surface area contributed by atoms with Crippen molar-refractivity contribution >= 4 is 39.8 Å². The highest BCUT2D eigenvalue weighted by Crippen LogP contribution is 2.36. The number of aryl methyl sites for hydroxylation is 1. The lowest BCUT2D eigenvalue weighted by Gasteiger charge is -2.33. The molecular weight excluding hydrogens is 456 g/mol. The van der Waals surface area contributed by atoms with Crippen molar-refractivity contribution in [1.82, 2.24) is 4.98 Å². The van der Waals surface area contributed by atoms with Crippen molar-refractivity contribution in [3.63, 3.8) is 0 Å². The Labute approximate surface area is 211 Å². The van der Waals surface area contributed by atoms with Crippen LogP contribution >= 0.6 is 0 Å². The molecular formula is C27H34N6O3. The summed E-state index contributed by atoms with van der Waals surface area (Å²) in [6.45, 7) is 4.04. The number of hydrogen-bond acceptors (Lipinski definition) is 6. The number of fused-ring (bicyclic) bond motifs is 1. The van der Waals surface area contributed by atoms with Crippen LogP contribution in [0.1, 0.15) is 36.8 Å². The molecule has 1 heterocycles. The quantitative estimate of drug-likeness (QED) is 0.339. The highest BCUT2D eigenvalue weighted by molar-refractivity contribution is 5.95. The minimum absolute atomic E-state index is 0.0914. The number of hydrogen-bond donors (Lipinski definition) is 2. The summed E-state index contributed by atoms with van der Waals surface area (Å²) in [7, 11) is 4.06. The summed E-state index contributed by atoms with van der Waals surface area (Å²) in [6, 6.07) is 13.0. The molecule has 9 heteroatoms. The number of nitrogens with zero attached hydrogens (tertiary/aromatic N) is 4. The number of carbonyl (C=O) groups excluding carboxylic acids is 1. The van der Waals surface area contributed by atoms with Crippen LogP contribution in [0.5, 0.6) is 0 Å². The molecule has 2 amide bonds. The molecule has 0 unspecified atom stereocenters. The number of urea groups is 1. The lowest BCUT2D eigenvalue weighted by atomic mass is 9.85. The minimum atomic E-state index is -0.663. The highest BCUT2D eigenvalue weighted by Gasteiger charge is 2.30. The first-order valence-electron chi connectivity index (χ1n) is 12.3. The van der Waals surface area contributed by atoms with E-state index in [0.29, 0.717) is 17.8 Å². The predicted octanol–water partition coefficient (Wildman–Crippen LogP) is 5.38. The van der Waals surface area contributed by atoms with Gasteiger partial charge in [0.2, 0.25) is 0 Å². The molecule has 1 aliphatic rings. The topological polar surface area (TPSA) is 118 Å². The van der Waals surface area contributed by atoms with Crippen molar-refractivity contribution in [2.45, 2.75) is 45.6 Å². The van der Waals surface area contributed by atoms with Crippen LogP contribution in [-0.4, -0.2) is 42.6 Å². The van der Waals surface area contributed by atoms with Gasteiger partial charge in [-0.25, -0.2) is 9.78 Å². The van der Waals surface area contributed by atoms with Gasteiger partial charge in [0, 0.05) is 49.9 Å². The molecule has 1 fully saturated rings. The molecule has 0 atom stereocenters. The van der Waals surface area contributed by atoms with Gasteiger partial charge in [-0.15, -0.1) is 0 Å². The average molecular weight is 491 g/mol. The highest BCUT2D eigenvalue weighted by atomic mass is 16.6. The third kappa shape index (κ3) is 5.19. The Morgan fingerprint density at radius 2 is 1.83 bits per heavy atom. The van der Waals surface area contributed by atoms with E-state index in [0.717, 1.165) is 53.7 Å². The van der Waals surface area contributed by atoms with Crippen molar-refractivity contribution in [2.75, 3.05) is 35.8 Å². The van der Waals surface area contributed by atoms with Crippen molar-refractivity contribution in [1.29, 1.82) is 0 Å². The first-order chi connectivity index (χ1) is 17.2. The number of benzene rings is 2. The molecule has 0 saturated heterocycles. The Morgan fingerprint density at radius 1 is 1.14 bits per heavy atom. The van der Waals surface area contributed by atoms with Crippen molar-refractivity contribution in [3.8, 4) is 0 Å². The SMILES string of the molecule is Cc1ccc([N+](=O)[O-])c(N(CC2CCC(Nc3cc(N(C)C)c4ccccc4n3)CC2)C(N)=O)c1C. The fourth-order valence-corrected chi connectivity index (χ4v) is 5.12. The summed E-state index contributed by atoms with van der Waals surface area (Å²) >= 11 is 0. The van der Waals surface area contributed by atoms with Gasteiger partial charge < -0.3 is 16.0 Å². The third-order valence-corrected chi connectivity index (χ3v) is 7.23. The lowest BCUT2D eigenvalue weighted by Crippen LogP contribution is -2.41. The number of para-hydroxylation sites is 1. The fourth-order valence-electron chi connectivity index (χ4n) is 5.12. The number of nitrogens with two attached hydrogens (primary N) is 1. The van der Waals surface area contributed by atoms with Crippen molar-refractivity contribution < 1.29 is 9.72 Å². The van der Waals surface area contributed by atoms with Gasteiger partial charge in [0.15, 0.2) is 0 Å². The summed E-state index contributed by atoms with van der Waals surface area (Å²) in [5.41, 5.74) is 9.60. The summed E-state index contributed by atoms with van der Waals surface area (Å²) in [5.74, 6) is 1.06. The van der Waals surface area contributed by atoms with Gasteiger partial charge in [-0.1, -0.05) is 24.3 Å². The first-order valence-corrected chi connectivity index (χ1v) is 12.3. The third-order valence-electron chi connectivity index (χ3n) is 7.23. The van der Waals surface area contributed by atoms with Crippen LogP contribution in [-0.2, 0) is 0 Å². The second kappa shape index (κ2) is 10.4. The second-order valence-corrected chi connectivity index (χ2v) is 9.88. The molecule has 36 heavy (non-hydrogen) atoms. The number of amides is 2. The molecule has 0 spiro atoms. The Hall–Kier alpha value is -3.88. The zero-order chi connectivity index (χ0) is 26.0. The number of nitro groups is 1. The number of primary amides is 1. The van der Waals surface area contributed by atoms with Crippen LogP contribution in [0.3, 0.4) is 0 Å². The van der Waals surface area contributed by atoms with Crippen LogP contribution in [0, 0.1) is 29.9 Å². The number of anilines is 3. The maximum Gasteiger partial charge on any atom is 0.319 e. The first kappa shape index (κ1) is 25.2. The van der Waals surface area contributed by atoms with E-state index < -0.39 is 11.0 Å². The fraction of sp³-hybridized carbons (Fsp3) is 0.407. The lowest BCUT2D eigenvalue weighted by molar-refractivity contribution is -0.384. The Kier molecular flexibility index (Phi) is 7.28. The Balaban J connectivity index is 1.47. The van der Waals surface area contributed by atoms with E-state index in [2.05, 4.69) is 22.3 Å². The summed E-state index contributed by atoms with van der Waals surface area (Å²) in [6.07, 6.45) is 3.60. The molecule has 190 valence electrons. The molecule has 9 nitrogen and oxygen atoms in total. The normalized spacial score (nSPS) is 17.6. The van der Waals surface area contributed by atoms with E-state index in [1.165, 1.54) is 11.0 Å². The van der Waals surface area contributed by atoms with E-state index in [-0.39, 0.29) is 17.6 Å². The number of nitro benzene ring substituents is 1. The molecule has 0 aliphatic heterocycles. The molecule has 2 aromatic carbocycles. The number of pyridine rings is 1. The second-order valence-electron chi connectivity index (χ2n) is 9.88. The van der Waals surface area contributed by atoms with E-state index in [4.69, 9.17) is 10.7 Å². The number of nitrogens with one attached hydrogen (secondary N) is 1. The summed E-state index contributed by atoms with van der Waals surface area (Å²) in [5, 5.41) is 16.4. The van der Waals surface area contributed by atoms with E-state index in [1.54, 1.807) is 13.0 Å². The Morgan fingerprint density at radius 3 is 2.47 bits per heavy atom. The predicted molar refractivity (Wildman–Crippen MR) is 145 cm³/mol. The van der Waals surface area contributed by atoms with Crippen LogP contribution in [0.15, 0.2) is 42.5 Å². The minimum Gasteiger partial charge on any atom is -0.377 e. The van der Waals surface area contributed by atoms with Gasteiger partial charge in [0.05, 0.1) is 10.4 Å². The monoisotopic (exact) mass is 490 g/mol. The van der Waals surface area contributed by atoms with Crippen LogP contribution in [0.4, 0.5) is 27.7 Å². The number of carbonyl (C=O) groups is 1. The standard InChI is InChI=1S/C27H34N6O3/c1-17-9-14-23(33(35)36)26(18(17)2)32(27(28)34)16-19-10-12-20(13-11-19)29-25-15-24(31(3)4)21-7-5-6-8-22(21)30-25/h5-9,14-15,19-20H,10-13,16H2,1-4H3,(H2,28,34)(H,29,30). The van der Waals surface area contributed by atoms with Crippen LogP contribution in [0.2, 0.25) is 0 Å². The zero-order valence-electron chi connectivity index (χ0n) is 21.3. The number of aromatic nitrogens is 1. The van der Waals surface area contributed by atoms with Crippen molar-refractivity contribution in [3.05, 3.63) is 63.7 Å². The van der Waals surface area contributed by atoms with E-state index in [9.17, 15) is 14.9 Å². The largest absolute Gasteiger partial charge is 0.377 e. The van der Waals surface area contributed by atoms with E-state index in [1.807, 2.05) is 39.2 Å². The summed E-state index contributed by atoms with van der Waals surface area (Å²) < 4.78 is 0. The van der Waals surface area contributed by atoms with E-state index >= 15 is 0 Å². The zero-order valence-corrected chi connectivity index (χ0v) is 21.3. The van der Waals surface area contributed by atoms with Gasteiger partial charge in [-0.2, -0.15) is 0 Å². The number of rotatable bonds is 7. The van der Waals surface area contributed by atoms with Gasteiger partial charge in [0.25, 0.3) is 5.69 Å². The molecule has 1 aromatic heterocycles. The van der Waals surface area contributed by atoms with Gasteiger partial charge in [0.1, 0.15) is 11.5 Å². The van der Waals surface area contributed by atoms with Crippen LogP contribution in [0.25, 0.3) is 10.9 Å². The molecule has 3 aromatic rings. The van der Waals surface area contributed by atoms with Gasteiger partial charge >= 0.3 is 6.03 Å². The van der Waals surface area contributed by atoms with Gasteiger partial charge in [-0.3, -0.25) is 15.0 Å².